The number of aliphatic hydroxyl groups is 1. The topological polar surface area (TPSA) is 160 Å². The van der Waals surface area contributed by atoms with Gasteiger partial charge in [-0.15, -0.1) is 0 Å². The molecule has 0 bridgehead atoms. The van der Waals surface area contributed by atoms with Crippen molar-refractivity contribution < 1.29 is 33.5 Å². The molecule has 2 unspecified atom stereocenters. The third-order valence-corrected chi connectivity index (χ3v) is 15.6. The van der Waals surface area contributed by atoms with Gasteiger partial charge in [0.2, 0.25) is 29.5 Å². The van der Waals surface area contributed by atoms with E-state index in [0.29, 0.717) is 86.4 Å². The Bertz CT molecular complexity index is 2490. The minimum atomic E-state index is -1.31. The third-order valence-electron chi connectivity index (χ3n) is 15.1. The van der Waals surface area contributed by atoms with E-state index in [4.69, 9.17) is 23.2 Å². The predicted octanol–water partition coefficient (Wildman–Crippen LogP) is 5.58. The number of carbonyl (C=O) groups is 5. The van der Waals surface area contributed by atoms with E-state index in [2.05, 4.69) is 33.1 Å². The molecule has 5 amide bonds. The van der Waals surface area contributed by atoms with Gasteiger partial charge in [-0.3, -0.25) is 39.5 Å². The van der Waals surface area contributed by atoms with Crippen LogP contribution >= 0.6 is 23.2 Å². The number of aliphatic hydroxyl groups excluding tert-OH is 1. The van der Waals surface area contributed by atoms with Crippen molar-refractivity contribution in [2.75, 3.05) is 18.4 Å². The summed E-state index contributed by atoms with van der Waals surface area (Å²) in [6, 6.07) is 13.9. The summed E-state index contributed by atoms with van der Waals surface area (Å²) in [5, 5.41) is 23.9. The molecule has 328 valence electrons. The van der Waals surface area contributed by atoms with Crippen LogP contribution in [-0.4, -0.2) is 81.2 Å². The van der Waals surface area contributed by atoms with Gasteiger partial charge >= 0.3 is 0 Å². The average Bonchev–Trinajstić information content (AvgIpc) is 3.85. The number of halogens is 3. The fourth-order valence-electron chi connectivity index (χ4n) is 12.0. The first-order valence-electron chi connectivity index (χ1n) is 22.2. The number of nitrogens with one attached hydrogen (secondary N) is 4. The number of amides is 5. The highest BCUT2D eigenvalue weighted by Gasteiger charge is 2.72. The Hall–Kier alpha value is -4.84. The van der Waals surface area contributed by atoms with Crippen LogP contribution in [-0.2, 0) is 35.9 Å². The Labute approximate surface area is 375 Å². The maximum atomic E-state index is 16.3. The van der Waals surface area contributed by atoms with E-state index in [1.807, 2.05) is 29.2 Å². The highest BCUT2D eigenvalue weighted by atomic mass is 35.5. The summed E-state index contributed by atoms with van der Waals surface area (Å²) >= 11 is 12.8. The van der Waals surface area contributed by atoms with Crippen LogP contribution in [0.4, 0.5) is 10.1 Å². The highest BCUT2D eigenvalue weighted by molar-refractivity contribution is 6.31. The van der Waals surface area contributed by atoms with Gasteiger partial charge in [-0.25, -0.2) is 4.39 Å². The number of anilines is 1. The first kappa shape index (κ1) is 42.1. The van der Waals surface area contributed by atoms with Crippen LogP contribution in [0.5, 0.6) is 0 Å². The van der Waals surface area contributed by atoms with Gasteiger partial charge in [-0.1, -0.05) is 84.6 Å². The fourth-order valence-corrected chi connectivity index (χ4v) is 12.4. The molecule has 2 saturated carbocycles. The Morgan fingerprint density at radius 3 is 2.41 bits per heavy atom. The monoisotopic (exact) mass is 894 g/mol. The summed E-state index contributed by atoms with van der Waals surface area (Å²) in [7, 11) is 0. The lowest BCUT2D eigenvalue weighted by Crippen LogP contribution is -2.60. The quantitative estimate of drug-likeness (QED) is 0.164. The average molecular weight is 896 g/mol. The van der Waals surface area contributed by atoms with Crippen molar-refractivity contribution in [3.63, 3.8) is 0 Å². The van der Waals surface area contributed by atoms with Crippen molar-refractivity contribution >= 4 is 58.4 Å². The summed E-state index contributed by atoms with van der Waals surface area (Å²) in [5.74, 6) is 3.64. The molecule has 12 nitrogen and oxygen atoms in total. The number of piperidine rings is 1. The molecule has 63 heavy (non-hydrogen) atoms. The van der Waals surface area contributed by atoms with Gasteiger partial charge in [0.05, 0.1) is 23.0 Å². The molecule has 5 aliphatic heterocycles. The van der Waals surface area contributed by atoms with Crippen LogP contribution in [0.25, 0.3) is 0 Å². The molecular formula is C48H49Cl2FN6O6. The molecule has 5 N–H and O–H groups in total. The van der Waals surface area contributed by atoms with Gasteiger partial charge in [0.15, 0.2) is 0 Å². The van der Waals surface area contributed by atoms with E-state index < -0.39 is 46.9 Å². The number of hydrogen-bond acceptors (Lipinski definition) is 8. The summed E-state index contributed by atoms with van der Waals surface area (Å²) in [6.07, 6.45) is 5.95. The molecule has 2 spiro atoms. The largest absolute Gasteiger partial charge is 0.374 e. The normalized spacial score (nSPS) is 30.0. The minimum absolute atomic E-state index is 0.00385. The molecule has 0 radical (unpaired) electrons. The van der Waals surface area contributed by atoms with Crippen molar-refractivity contribution in [1.29, 1.82) is 0 Å². The van der Waals surface area contributed by atoms with E-state index in [9.17, 15) is 29.1 Å². The molecule has 0 aromatic heterocycles. The first-order chi connectivity index (χ1) is 30.4. The molecule has 5 heterocycles. The van der Waals surface area contributed by atoms with Gasteiger partial charge in [-0.2, -0.15) is 0 Å². The van der Waals surface area contributed by atoms with E-state index >= 15 is 4.39 Å². The molecule has 10 rings (SSSR count). The molecule has 7 aliphatic rings. The zero-order valence-corrected chi connectivity index (χ0v) is 36.2. The standard InChI is InChI=1S/C48H49Cl2FN6O6/c49-29-14-17-34-36(22-29)53-46(63)48(34)39(32-8-5-9-35(50)40(32)51)41(55-47(48)20-2-1-3-21-47)43(60)52-30-15-12-28(13-16-30)44(61)56-23-26(24-56)10-11-27-6-4-7-31-33(27)25-57(45(31)62)37-18-19-38(58)54-42(37)59/h4-9,14,17,22,26,28,30,37,39,41,45,55,62H,1-3,12-13,15-16,18-21,23-25H2,(H,52,60)(H,53,63)(H,54,58,59)/t28?,30?,37?,39-,41+,45?,48+/m0/s1. The number of imide groups is 1. The Balaban J connectivity index is 0.798. The second-order valence-corrected chi connectivity index (χ2v) is 19.3. The summed E-state index contributed by atoms with van der Waals surface area (Å²) in [5.41, 5.74) is 1.67. The molecule has 15 heteroatoms. The predicted molar refractivity (Wildman–Crippen MR) is 233 cm³/mol. The number of hydrogen-bond donors (Lipinski definition) is 5. The van der Waals surface area contributed by atoms with E-state index in [1.54, 1.807) is 29.2 Å². The SMILES string of the molecule is O=C1CCC(N2Cc3c(C#CC4CN(C(=O)C5CCC(NC(=O)[C@@H]6NC7(CCCCC7)[C@@]7(C(=O)Nc8cc(Cl)ccc87)[C@H]6c6cccc(Cl)c6F)CC5)C4)cccc3C2O)C(=O)N1. The van der Waals surface area contributed by atoms with E-state index in [-0.39, 0.29) is 58.5 Å². The van der Waals surface area contributed by atoms with Crippen molar-refractivity contribution in [1.82, 2.24) is 25.8 Å². The lowest BCUT2D eigenvalue weighted by molar-refractivity contribution is -0.142. The van der Waals surface area contributed by atoms with Crippen LogP contribution in [0.1, 0.15) is 111 Å². The number of carbonyl (C=O) groups excluding carboxylic acids is 5. The molecule has 3 saturated heterocycles. The molecular weight excluding hydrogens is 846 g/mol. The Morgan fingerprint density at radius 2 is 1.65 bits per heavy atom. The number of fused-ring (bicyclic) bond motifs is 4. The molecule has 5 atom stereocenters. The van der Waals surface area contributed by atoms with Crippen molar-refractivity contribution in [2.45, 2.75) is 118 Å². The minimum Gasteiger partial charge on any atom is -0.374 e. The number of nitrogens with zero attached hydrogens (tertiary/aromatic N) is 2. The van der Waals surface area contributed by atoms with Crippen molar-refractivity contribution in [3.8, 4) is 11.8 Å². The molecule has 5 fully saturated rings. The van der Waals surface area contributed by atoms with Crippen LogP contribution in [0, 0.1) is 29.5 Å². The van der Waals surface area contributed by atoms with E-state index in [1.165, 1.54) is 6.07 Å². The lowest BCUT2D eigenvalue weighted by Gasteiger charge is -2.47. The Kier molecular flexibility index (Phi) is 10.9. The van der Waals surface area contributed by atoms with Crippen LogP contribution in [0.15, 0.2) is 54.6 Å². The third kappa shape index (κ3) is 6.95. The smallest absolute Gasteiger partial charge is 0.244 e. The van der Waals surface area contributed by atoms with Gasteiger partial charge in [-0.05, 0) is 85.9 Å². The first-order valence-corrected chi connectivity index (χ1v) is 23.0. The van der Waals surface area contributed by atoms with Crippen LogP contribution in [0.2, 0.25) is 10.0 Å². The Morgan fingerprint density at radius 1 is 0.905 bits per heavy atom. The molecule has 2 aliphatic carbocycles. The lowest BCUT2D eigenvalue weighted by atomic mass is 9.55. The zero-order valence-electron chi connectivity index (χ0n) is 34.7. The summed E-state index contributed by atoms with van der Waals surface area (Å²) < 4.78 is 16.3. The van der Waals surface area contributed by atoms with Crippen LogP contribution < -0.4 is 21.3 Å². The summed E-state index contributed by atoms with van der Waals surface area (Å²) in [6.45, 7) is 1.38. The van der Waals surface area contributed by atoms with Crippen molar-refractivity contribution in [3.05, 3.63) is 98.3 Å². The van der Waals surface area contributed by atoms with Gasteiger partial charge in [0.25, 0.3) is 0 Å². The second-order valence-electron chi connectivity index (χ2n) is 18.5. The number of likely N-dealkylation sites (tertiary alicyclic amines) is 1. The van der Waals surface area contributed by atoms with Crippen LogP contribution in [0.3, 0.4) is 0 Å². The number of rotatable bonds is 5. The zero-order chi connectivity index (χ0) is 43.8. The molecule has 3 aromatic carbocycles. The van der Waals surface area contributed by atoms with Gasteiger partial charge < -0.3 is 20.6 Å². The number of benzene rings is 3. The highest BCUT2D eigenvalue weighted by Crippen LogP contribution is 2.63. The van der Waals surface area contributed by atoms with Gasteiger partial charge in [0.1, 0.15) is 17.5 Å². The van der Waals surface area contributed by atoms with E-state index in [0.717, 1.165) is 30.4 Å². The summed E-state index contributed by atoms with van der Waals surface area (Å²) in [4.78, 5) is 70.9. The fraction of sp³-hybridized carbons (Fsp3) is 0.479. The molecule has 3 aromatic rings. The maximum Gasteiger partial charge on any atom is 0.244 e. The second kappa shape index (κ2) is 16.3. The van der Waals surface area contributed by atoms with Gasteiger partial charge in [0, 0.05) is 71.3 Å². The van der Waals surface area contributed by atoms with Crippen molar-refractivity contribution in [2.24, 2.45) is 11.8 Å². The maximum absolute atomic E-state index is 16.3.